The van der Waals surface area contributed by atoms with E-state index in [9.17, 15) is 4.79 Å². The molecule has 3 aromatic rings. The lowest BCUT2D eigenvalue weighted by Gasteiger charge is -2.10. The maximum absolute atomic E-state index is 12.1. The van der Waals surface area contributed by atoms with Gasteiger partial charge in [0.1, 0.15) is 29.0 Å². The highest BCUT2D eigenvalue weighted by molar-refractivity contribution is 5.78. The van der Waals surface area contributed by atoms with E-state index < -0.39 is 0 Å². The number of carbonyl (C=O) groups is 1. The zero-order valence-electron chi connectivity index (χ0n) is 16.5. The fraction of sp³-hybridized carbons (Fsp3) is 0.238. The summed E-state index contributed by atoms with van der Waals surface area (Å²) in [4.78, 5) is 25.0. The quantitative estimate of drug-likeness (QED) is 0.481. The van der Waals surface area contributed by atoms with E-state index >= 15 is 0 Å². The topological polar surface area (TPSA) is 101 Å². The van der Waals surface area contributed by atoms with Gasteiger partial charge in [-0.2, -0.15) is 0 Å². The molecule has 1 aromatic carbocycles. The summed E-state index contributed by atoms with van der Waals surface area (Å²) >= 11 is 0. The van der Waals surface area contributed by atoms with Crippen LogP contribution in [-0.2, 0) is 11.2 Å². The highest BCUT2D eigenvalue weighted by atomic mass is 16.5. The summed E-state index contributed by atoms with van der Waals surface area (Å²) in [5.41, 5.74) is 0.938. The first-order valence-corrected chi connectivity index (χ1v) is 9.29. The van der Waals surface area contributed by atoms with Gasteiger partial charge in [-0.1, -0.05) is 18.2 Å². The van der Waals surface area contributed by atoms with Gasteiger partial charge in [0.15, 0.2) is 0 Å². The number of hydrogen-bond acceptors (Lipinski definition) is 7. The van der Waals surface area contributed by atoms with Crippen molar-refractivity contribution in [3.63, 3.8) is 0 Å². The van der Waals surface area contributed by atoms with Crippen molar-refractivity contribution in [1.82, 2.24) is 20.3 Å². The molecule has 2 aromatic heterocycles. The van der Waals surface area contributed by atoms with Gasteiger partial charge < -0.3 is 20.7 Å². The molecule has 0 saturated carbocycles. The van der Waals surface area contributed by atoms with Crippen LogP contribution in [0.1, 0.15) is 11.4 Å². The zero-order chi connectivity index (χ0) is 20.5. The minimum Gasteiger partial charge on any atom is -0.497 e. The number of nitrogens with one attached hydrogen (secondary N) is 3. The van der Waals surface area contributed by atoms with Gasteiger partial charge in [0.2, 0.25) is 5.91 Å². The number of aryl methyl sites for hydroxylation is 1. The second-order valence-corrected chi connectivity index (χ2v) is 6.33. The van der Waals surface area contributed by atoms with Gasteiger partial charge in [-0.3, -0.25) is 4.79 Å². The monoisotopic (exact) mass is 392 g/mol. The van der Waals surface area contributed by atoms with Crippen LogP contribution in [0.4, 0.5) is 17.5 Å². The Morgan fingerprint density at radius 3 is 2.52 bits per heavy atom. The Bertz CT molecular complexity index is 932. The van der Waals surface area contributed by atoms with Crippen LogP contribution < -0.4 is 20.7 Å². The number of methoxy groups -OCH3 is 1. The summed E-state index contributed by atoms with van der Waals surface area (Å²) in [7, 11) is 1.62. The molecule has 0 unspecified atom stereocenters. The summed E-state index contributed by atoms with van der Waals surface area (Å²) in [6, 6.07) is 14.9. The molecule has 0 aliphatic heterocycles. The third-order valence-corrected chi connectivity index (χ3v) is 4.04. The molecule has 2 heterocycles. The van der Waals surface area contributed by atoms with Crippen molar-refractivity contribution in [2.45, 2.75) is 13.3 Å². The lowest BCUT2D eigenvalue weighted by atomic mass is 10.1. The van der Waals surface area contributed by atoms with Crippen LogP contribution in [0.5, 0.6) is 5.75 Å². The fourth-order valence-corrected chi connectivity index (χ4v) is 2.67. The van der Waals surface area contributed by atoms with Crippen molar-refractivity contribution in [3.05, 3.63) is 66.1 Å². The molecule has 0 radical (unpaired) electrons. The van der Waals surface area contributed by atoms with Crippen LogP contribution in [0.15, 0.2) is 54.7 Å². The van der Waals surface area contributed by atoms with Crippen molar-refractivity contribution in [3.8, 4) is 5.75 Å². The van der Waals surface area contributed by atoms with Crippen molar-refractivity contribution < 1.29 is 9.53 Å². The average molecular weight is 392 g/mol. The van der Waals surface area contributed by atoms with E-state index in [1.54, 1.807) is 19.4 Å². The number of carbonyl (C=O) groups excluding carboxylic acids is 1. The smallest absolute Gasteiger partial charge is 0.224 e. The number of nitrogens with zero attached hydrogens (tertiary/aromatic N) is 3. The highest BCUT2D eigenvalue weighted by Crippen LogP contribution is 2.15. The molecular weight excluding hydrogens is 368 g/mol. The molecule has 29 heavy (non-hydrogen) atoms. The zero-order valence-corrected chi connectivity index (χ0v) is 16.5. The van der Waals surface area contributed by atoms with Gasteiger partial charge >= 0.3 is 0 Å². The third kappa shape index (κ3) is 6.46. The Morgan fingerprint density at radius 1 is 1.00 bits per heavy atom. The van der Waals surface area contributed by atoms with Crippen LogP contribution in [0, 0.1) is 6.92 Å². The Morgan fingerprint density at radius 2 is 1.79 bits per heavy atom. The van der Waals surface area contributed by atoms with Crippen LogP contribution >= 0.6 is 0 Å². The number of amides is 1. The molecule has 0 bridgehead atoms. The summed E-state index contributed by atoms with van der Waals surface area (Å²) in [5.74, 6) is 3.42. The van der Waals surface area contributed by atoms with Crippen molar-refractivity contribution in [2.24, 2.45) is 0 Å². The minimum atomic E-state index is -0.0339. The standard InChI is InChI=1S/C21H24N6O2/c1-15-25-19(14-20(26-15)27-18-5-3-4-10-22-18)23-11-12-24-21(28)13-16-6-8-17(29-2)9-7-16/h3-10,14H,11-13H2,1-2H3,(H,24,28)(H2,22,23,25,26,27). The molecule has 150 valence electrons. The Hall–Kier alpha value is -3.68. The lowest BCUT2D eigenvalue weighted by Crippen LogP contribution is -2.30. The third-order valence-electron chi connectivity index (χ3n) is 4.04. The Balaban J connectivity index is 1.45. The van der Waals surface area contributed by atoms with E-state index in [0.29, 0.717) is 42.8 Å². The largest absolute Gasteiger partial charge is 0.497 e. The summed E-state index contributed by atoms with van der Waals surface area (Å²) in [6.45, 7) is 2.86. The van der Waals surface area contributed by atoms with Crippen molar-refractivity contribution in [2.75, 3.05) is 30.8 Å². The average Bonchev–Trinajstić information content (AvgIpc) is 2.72. The minimum absolute atomic E-state index is 0.0339. The molecule has 0 spiro atoms. The van der Waals surface area contributed by atoms with Crippen LogP contribution in [0.25, 0.3) is 0 Å². The number of pyridine rings is 1. The predicted molar refractivity (Wildman–Crippen MR) is 112 cm³/mol. The molecule has 0 atom stereocenters. The Labute approximate surface area is 169 Å². The van der Waals surface area contributed by atoms with E-state index in [2.05, 4.69) is 30.9 Å². The van der Waals surface area contributed by atoms with Crippen LogP contribution in [-0.4, -0.2) is 41.1 Å². The van der Waals surface area contributed by atoms with Gasteiger partial charge in [-0.25, -0.2) is 15.0 Å². The second-order valence-electron chi connectivity index (χ2n) is 6.33. The molecule has 0 aliphatic rings. The number of anilines is 3. The molecule has 3 N–H and O–H groups in total. The molecule has 3 rings (SSSR count). The second kappa shape index (κ2) is 10.0. The number of aromatic nitrogens is 3. The number of ether oxygens (including phenoxy) is 1. The Kier molecular flexibility index (Phi) is 6.94. The first kappa shape index (κ1) is 20.1. The maximum atomic E-state index is 12.1. The number of hydrogen-bond donors (Lipinski definition) is 3. The van der Waals surface area contributed by atoms with E-state index in [4.69, 9.17) is 4.74 Å². The molecule has 8 nitrogen and oxygen atoms in total. The van der Waals surface area contributed by atoms with Crippen molar-refractivity contribution in [1.29, 1.82) is 0 Å². The van der Waals surface area contributed by atoms with Gasteiger partial charge in [-0.05, 0) is 36.8 Å². The van der Waals surface area contributed by atoms with Gasteiger partial charge in [-0.15, -0.1) is 0 Å². The van der Waals surface area contributed by atoms with Crippen molar-refractivity contribution >= 4 is 23.4 Å². The highest BCUT2D eigenvalue weighted by Gasteiger charge is 2.05. The fourth-order valence-electron chi connectivity index (χ4n) is 2.67. The normalized spacial score (nSPS) is 10.3. The predicted octanol–water partition coefficient (Wildman–Crippen LogP) is 2.70. The first-order valence-electron chi connectivity index (χ1n) is 9.29. The molecule has 8 heteroatoms. The van der Waals surface area contributed by atoms with E-state index in [0.717, 1.165) is 11.3 Å². The van der Waals surface area contributed by atoms with E-state index in [1.807, 2.05) is 49.4 Å². The number of rotatable bonds is 9. The van der Waals surface area contributed by atoms with E-state index in [-0.39, 0.29) is 5.91 Å². The molecule has 0 aliphatic carbocycles. The maximum Gasteiger partial charge on any atom is 0.224 e. The molecule has 1 amide bonds. The SMILES string of the molecule is COc1ccc(CC(=O)NCCNc2cc(Nc3ccccn3)nc(C)n2)cc1. The van der Waals surface area contributed by atoms with Crippen LogP contribution in [0.3, 0.4) is 0 Å². The molecule has 0 saturated heterocycles. The van der Waals surface area contributed by atoms with Gasteiger partial charge in [0.25, 0.3) is 0 Å². The summed E-state index contributed by atoms with van der Waals surface area (Å²) in [6.07, 6.45) is 2.04. The molecule has 0 fully saturated rings. The first-order chi connectivity index (χ1) is 14.1. The molecular formula is C21H24N6O2. The number of benzene rings is 1. The van der Waals surface area contributed by atoms with E-state index in [1.165, 1.54) is 0 Å². The van der Waals surface area contributed by atoms with Gasteiger partial charge in [0, 0.05) is 25.4 Å². The van der Waals surface area contributed by atoms with Crippen LogP contribution in [0.2, 0.25) is 0 Å². The van der Waals surface area contributed by atoms with Gasteiger partial charge in [0.05, 0.1) is 13.5 Å². The summed E-state index contributed by atoms with van der Waals surface area (Å²) in [5, 5.41) is 9.25. The lowest BCUT2D eigenvalue weighted by molar-refractivity contribution is -0.120. The summed E-state index contributed by atoms with van der Waals surface area (Å²) < 4.78 is 5.12.